The molecule has 0 bridgehead atoms. The van der Waals surface area contributed by atoms with Crippen LogP contribution in [0.2, 0.25) is 0 Å². The number of aryl methyl sites for hydroxylation is 1. The largest absolute Gasteiger partial charge is 0.449 e. The van der Waals surface area contributed by atoms with E-state index >= 15 is 0 Å². The van der Waals surface area contributed by atoms with Crippen LogP contribution in [0.3, 0.4) is 0 Å². The molecule has 0 saturated carbocycles. The summed E-state index contributed by atoms with van der Waals surface area (Å²) in [5.41, 5.74) is 2.16. The molecule has 0 aliphatic heterocycles. The molecule has 0 aromatic carbocycles. The molecule has 0 N–H and O–H groups in total. The second-order valence-corrected chi connectivity index (χ2v) is 2.86. The smallest absolute Gasteiger partial charge is 0.191 e. The Hall–Kier alpha value is -1.31. The van der Waals surface area contributed by atoms with Crippen LogP contribution in [0.15, 0.2) is 28.4 Å². The highest BCUT2D eigenvalue weighted by Crippen LogP contribution is 2.10. The molecule has 0 radical (unpaired) electrons. The van der Waals surface area contributed by atoms with E-state index in [1.807, 2.05) is 26.0 Å². The average molecular weight is 177 g/mol. The first-order chi connectivity index (χ1) is 6.26. The number of aromatic nitrogens is 1. The zero-order valence-corrected chi connectivity index (χ0v) is 8.37. The van der Waals surface area contributed by atoms with Crippen molar-refractivity contribution in [3.63, 3.8) is 0 Å². The van der Waals surface area contributed by atoms with Crippen LogP contribution in [0.25, 0.3) is 6.08 Å². The molecule has 0 aliphatic carbocycles. The van der Waals surface area contributed by atoms with E-state index in [4.69, 9.17) is 4.42 Å². The van der Waals surface area contributed by atoms with Gasteiger partial charge < -0.3 is 4.42 Å². The van der Waals surface area contributed by atoms with Crippen molar-refractivity contribution in [1.29, 1.82) is 0 Å². The van der Waals surface area contributed by atoms with Crippen molar-refractivity contribution in [2.45, 2.75) is 27.2 Å². The van der Waals surface area contributed by atoms with E-state index < -0.39 is 0 Å². The van der Waals surface area contributed by atoms with E-state index in [0.717, 1.165) is 12.1 Å². The van der Waals surface area contributed by atoms with Gasteiger partial charge in [0, 0.05) is 6.92 Å². The average Bonchev–Trinajstić information content (AvgIpc) is 2.50. The molecule has 2 nitrogen and oxygen atoms in total. The molecule has 0 spiro atoms. The van der Waals surface area contributed by atoms with Crippen molar-refractivity contribution in [2.24, 2.45) is 0 Å². The lowest BCUT2D eigenvalue weighted by atomic mass is 10.1. The van der Waals surface area contributed by atoms with Gasteiger partial charge in [0.1, 0.15) is 12.0 Å². The standard InChI is InChI=1S/C11H15NO/c1-4-6-10(5-2)7-11-8-13-9(3)12-11/h4,6-8H,5H2,1-3H3/b6-4-,10-7-. The van der Waals surface area contributed by atoms with E-state index in [0.29, 0.717) is 5.89 Å². The first-order valence-corrected chi connectivity index (χ1v) is 4.51. The Morgan fingerprint density at radius 3 is 2.85 bits per heavy atom. The van der Waals surface area contributed by atoms with Crippen LogP contribution >= 0.6 is 0 Å². The minimum atomic E-state index is 0.710. The highest BCUT2D eigenvalue weighted by molar-refractivity contribution is 5.51. The molecule has 2 heteroatoms. The third-order valence-electron chi connectivity index (χ3n) is 1.76. The second kappa shape index (κ2) is 4.65. The third-order valence-corrected chi connectivity index (χ3v) is 1.76. The lowest BCUT2D eigenvalue weighted by Gasteiger charge is -1.93. The summed E-state index contributed by atoms with van der Waals surface area (Å²) in [5.74, 6) is 0.710. The summed E-state index contributed by atoms with van der Waals surface area (Å²) in [7, 11) is 0. The van der Waals surface area contributed by atoms with Gasteiger partial charge in [-0.1, -0.05) is 19.1 Å². The topological polar surface area (TPSA) is 26.0 Å². The summed E-state index contributed by atoms with van der Waals surface area (Å²) < 4.78 is 5.11. The van der Waals surface area contributed by atoms with Crippen molar-refractivity contribution in [2.75, 3.05) is 0 Å². The van der Waals surface area contributed by atoms with Crippen LogP contribution in [-0.4, -0.2) is 4.98 Å². The molecule has 13 heavy (non-hydrogen) atoms. The van der Waals surface area contributed by atoms with E-state index in [2.05, 4.69) is 18.0 Å². The van der Waals surface area contributed by atoms with Crippen LogP contribution in [-0.2, 0) is 0 Å². The number of allylic oxidation sites excluding steroid dienone is 3. The summed E-state index contributed by atoms with van der Waals surface area (Å²) in [6, 6.07) is 0. The number of hydrogen-bond donors (Lipinski definition) is 0. The highest BCUT2D eigenvalue weighted by atomic mass is 16.3. The Kier molecular flexibility index (Phi) is 3.50. The van der Waals surface area contributed by atoms with Gasteiger partial charge in [-0.25, -0.2) is 4.98 Å². The Labute approximate surface area is 79.0 Å². The van der Waals surface area contributed by atoms with Gasteiger partial charge in [0.2, 0.25) is 0 Å². The maximum atomic E-state index is 5.11. The fourth-order valence-corrected chi connectivity index (χ4v) is 1.12. The lowest BCUT2D eigenvalue weighted by Crippen LogP contribution is -1.77. The van der Waals surface area contributed by atoms with Gasteiger partial charge in [-0.3, -0.25) is 0 Å². The maximum Gasteiger partial charge on any atom is 0.191 e. The first-order valence-electron chi connectivity index (χ1n) is 4.51. The zero-order chi connectivity index (χ0) is 9.68. The molecule has 1 rings (SSSR count). The van der Waals surface area contributed by atoms with E-state index in [-0.39, 0.29) is 0 Å². The molecule has 0 unspecified atom stereocenters. The SMILES string of the molecule is C/C=C\C(=C/c1coc(C)n1)CC. The van der Waals surface area contributed by atoms with Crippen LogP contribution in [0.5, 0.6) is 0 Å². The minimum Gasteiger partial charge on any atom is -0.449 e. The van der Waals surface area contributed by atoms with Gasteiger partial charge >= 0.3 is 0 Å². The normalized spacial score (nSPS) is 12.7. The fraction of sp³-hybridized carbons (Fsp3) is 0.364. The molecule has 1 aromatic heterocycles. The Morgan fingerprint density at radius 1 is 1.62 bits per heavy atom. The third kappa shape index (κ3) is 2.90. The van der Waals surface area contributed by atoms with E-state index in [1.165, 1.54) is 5.57 Å². The number of rotatable bonds is 3. The summed E-state index contributed by atoms with van der Waals surface area (Å²) >= 11 is 0. The van der Waals surface area contributed by atoms with Crippen LogP contribution in [0.4, 0.5) is 0 Å². The summed E-state index contributed by atoms with van der Waals surface area (Å²) in [6.45, 7) is 5.98. The van der Waals surface area contributed by atoms with Crippen molar-refractivity contribution in [3.8, 4) is 0 Å². The van der Waals surface area contributed by atoms with Crippen molar-refractivity contribution in [3.05, 3.63) is 35.6 Å². The van der Waals surface area contributed by atoms with E-state index in [1.54, 1.807) is 6.26 Å². The number of oxazole rings is 1. The fourth-order valence-electron chi connectivity index (χ4n) is 1.12. The number of nitrogens with zero attached hydrogens (tertiary/aromatic N) is 1. The van der Waals surface area contributed by atoms with Crippen molar-refractivity contribution >= 4 is 6.08 Å². The zero-order valence-electron chi connectivity index (χ0n) is 8.37. The lowest BCUT2D eigenvalue weighted by molar-refractivity contribution is 0.521. The monoisotopic (exact) mass is 177 g/mol. The predicted octanol–water partition coefficient (Wildman–Crippen LogP) is 3.35. The molecule has 0 saturated heterocycles. The van der Waals surface area contributed by atoms with Gasteiger partial charge in [0.15, 0.2) is 5.89 Å². The van der Waals surface area contributed by atoms with E-state index in [9.17, 15) is 0 Å². The molecular formula is C11H15NO. The summed E-state index contributed by atoms with van der Waals surface area (Å²) in [4.78, 5) is 4.20. The predicted molar refractivity (Wildman–Crippen MR) is 54.3 cm³/mol. The van der Waals surface area contributed by atoms with Crippen LogP contribution < -0.4 is 0 Å². The number of hydrogen-bond acceptors (Lipinski definition) is 2. The van der Waals surface area contributed by atoms with Gasteiger partial charge in [0.25, 0.3) is 0 Å². The van der Waals surface area contributed by atoms with Crippen molar-refractivity contribution in [1.82, 2.24) is 4.98 Å². The van der Waals surface area contributed by atoms with Crippen LogP contribution in [0.1, 0.15) is 31.9 Å². The van der Waals surface area contributed by atoms with Gasteiger partial charge in [-0.05, 0) is 25.0 Å². The molecule has 1 heterocycles. The molecule has 0 atom stereocenters. The maximum absolute atomic E-state index is 5.11. The Bertz CT molecular complexity index is 321. The Morgan fingerprint density at radius 2 is 2.38 bits per heavy atom. The summed E-state index contributed by atoms with van der Waals surface area (Å²) in [6.07, 6.45) is 8.84. The molecule has 0 amide bonds. The quantitative estimate of drug-likeness (QED) is 0.662. The Balaban J connectivity index is 2.84. The molecule has 0 aliphatic rings. The highest BCUT2D eigenvalue weighted by Gasteiger charge is 1.96. The second-order valence-electron chi connectivity index (χ2n) is 2.86. The van der Waals surface area contributed by atoms with Gasteiger partial charge in [-0.15, -0.1) is 0 Å². The van der Waals surface area contributed by atoms with Gasteiger partial charge in [0.05, 0.1) is 0 Å². The molecular weight excluding hydrogens is 162 g/mol. The summed E-state index contributed by atoms with van der Waals surface area (Å²) in [5, 5.41) is 0. The van der Waals surface area contributed by atoms with Gasteiger partial charge in [-0.2, -0.15) is 0 Å². The molecule has 70 valence electrons. The molecule has 1 aromatic rings. The van der Waals surface area contributed by atoms with Crippen molar-refractivity contribution < 1.29 is 4.42 Å². The molecule has 0 fully saturated rings. The minimum absolute atomic E-state index is 0.710. The first kappa shape index (κ1) is 9.78. The van der Waals surface area contributed by atoms with Crippen LogP contribution in [0, 0.1) is 6.92 Å².